The molecule has 0 radical (unpaired) electrons. The zero-order valence-corrected chi connectivity index (χ0v) is 15.1. The predicted molar refractivity (Wildman–Crippen MR) is 101 cm³/mol. The quantitative estimate of drug-likeness (QED) is 0.902. The highest BCUT2D eigenvalue weighted by atomic mass is 16.3. The van der Waals surface area contributed by atoms with Crippen molar-refractivity contribution in [3.05, 3.63) is 54.0 Å². The number of likely N-dealkylation sites (tertiary alicyclic amines) is 1. The molecule has 3 heterocycles. The van der Waals surface area contributed by atoms with Gasteiger partial charge < -0.3 is 10.0 Å². The van der Waals surface area contributed by atoms with E-state index in [4.69, 9.17) is 0 Å². The Morgan fingerprint density at radius 2 is 1.77 bits per heavy atom. The summed E-state index contributed by atoms with van der Waals surface area (Å²) in [5, 5.41) is 11.5. The molecule has 1 aromatic heterocycles. The summed E-state index contributed by atoms with van der Waals surface area (Å²) in [6, 6.07) is 8.92. The van der Waals surface area contributed by atoms with Crippen molar-refractivity contribution in [1.82, 2.24) is 14.9 Å². The smallest absolute Gasteiger partial charge is 0.147 e. The fourth-order valence-electron chi connectivity index (χ4n) is 5.41. The molecule has 5 rings (SSSR count). The van der Waals surface area contributed by atoms with Gasteiger partial charge in [-0.15, -0.1) is 0 Å². The van der Waals surface area contributed by atoms with Crippen LogP contribution in [0.25, 0.3) is 0 Å². The van der Waals surface area contributed by atoms with E-state index in [1.807, 2.05) is 6.20 Å². The molecule has 136 valence electrons. The number of aliphatic hydroxyl groups excluding tert-OH is 1. The van der Waals surface area contributed by atoms with E-state index in [9.17, 15) is 5.11 Å². The third-order valence-electron chi connectivity index (χ3n) is 6.74. The summed E-state index contributed by atoms with van der Waals surface area (Å²) < 4.78 is 0. The molecule has 2 fully saturated rings. The van der Waals surface area contributed by atoms with Crippen LogP contribution in [0.15, 0.2) is 42.9 Å². The molecule has 1 N–H and O–H groups in total. The predicted octanol–water partition coefficient (Wildman–Crippen LogP) is 2.53. The van der Waals surface area contributed by atoms with Gasteiger partial charge in [0.25, 0.3) is 0 Å². The highest BCUT2D eigenvalue weighted by Crippen LogP contribution is 2.53. The minimum atomic E-state index is -0.318. The van der Waals surface area contributed by atoms with Gasteiger partial charge in [-0.3, -0.25) is 9.88 Å². The Bertz CT molecular complexity index is 767. The second-order valence-corrected chi connectivity index (χ2v) is 7.93. The maximum Gasteiger partial charge on any atom is 0.147 e. The average Bonchev–Trinajstić information content (AvgIpc) is 3.30. The highest BCUT2D eigenvalue weighted by Gasteiger charge is 2.54. The number of fused-ring (bicyclic) bond motifs is 2. The lowest BCUT2D eigenvalue weighted by Gasteiger charge is -2.43. The molecule has 1 aromatic carbocycles. The van der Waals surface area contributed by atoms with Crippen molar-refractivity contribution in [2.45, 2.75) is 43.2 Å². The van der Waals surface area contributed by atoms with Gasteiger partial charge >= 0.3 is 0 Å². The molecule has 2 saturated heterocycles. The van der Waals surface area contributed by atoms with Gasteiger partial charge in [-0.2, -0.15) is 0 Å². The Hall–Kier alpha value is -1.98. The minimum Gasteiger partial charge on any atom is -0.390 e. The summed E-state index contributed by atoms with van der Waals surface area (Å²) in [5.74, 6) is 0.944. The lowest BCUT2D eigenvalue weighted by Crippen LogP contribution is -2.49. The zero-order valence-electron chi connectivity index (χ0n) is 15.1. The van der Waals surface area contributed by atoms with Crippen LogP contribution in [0.4, 0.5) is 5.82 Å². The molecule has 3 aliphatic rings. The third kappa shape index (κ3) is 2.37. The van der Waals surface area contributed by atoms with Gasteiger partial charge in [-0.05, 0) is 49.9 Å². The third-order valence-corrected chi connectivity index (χ3v) is 6.74. The van der Waals surface area contributed by atoms with Crippen LogP contribution in [0.3, 0.4) is 0 Å². The zero-order chi connectivity index (χ0) is 17.6. The van der Waals surface area contributed by atoms with Crippen LogP contribution in [0.5, 0.6) is 0 Å². The molecule has 0 saturated carbocycles. The molecule has 0 bridgehead atoms. The first kappa shape index (κ1) is 16.2. The molecule has 2 atom stereocenters. The van der Waals surface area contributed by atoms with Crippen molar-refractivity contribution in [2.24, 2.45) is 0 Å². The molecule has 0 unspecified atom stereocenters. The van der Waals surface area contributed by atoms with E-state index in [2.05, 4.69) is 44.0 Å². The minimum absolute atomic E-state index is 0.122. The second kappa shape index (κ2) is 6.32. The van der Waals surface area contributed by atoms with E-state index >= 15 is 0 Å². The number of aromatic nitrogens is 2. The number of piperidine rings is 1. The lowest BCUT2D eigenvalue weighted by atomic mass is 9.72. The molecule has 5 heteroatoms. The standard InChI is InChI=1S/C21H26N4O/c26-20-19(25-11-3-4-12-25)16-5-1-2-6-17(16)21(20)7-13-24(14-8-21)18-15-22-9-10-23-18/h1-2,5-6,9-10,15,19-20,26H,3-4,7-8,11-14H2/t19-,20+/m1/s1. The van der Waals surface area contributed by atoms with Crippen LogP contribution < -0.4 is 4.90 Å². The van der Waals surface area contributed by atoms with Crippen LogP contribution in [0, 0.1) is 0 Å². The Morgan fingerprint density at radius 3 is 2.50 bits per heavy atom. The average molecular weight is 350 g/mol. The Kier molecular flexibility index (Phi) is 3.94. The van der Waals surface area contributed by atoms with Crippen LogP contribution in [0.2, 0.25) is 0 Å². The topological polar surface area (TPSA) is 52.5 Å². The number of hydrogen-bond acceptors (Lipinski definition) is 5. The first-order chi connectivity index (χ1) is 12.8. The van der Waals surface area contributed by atoms with Crippen LogP contribution in [0.1, 0.15) is 42.9 Å². The van der Waals surface area contributed by atoms with Crippen LogP contribution in [-0.2, 0) is 5.41 Å². The van der Waals surface area contributed by atoms with Crippen molar-refractivity contribution in [2.75, 3.05) is 31.1 Å². The van der Waals surface area contributed by atoms with E-state index in [0.717, 1.165) is 44.8 Å². The summed E-state index contributed by atoms with van der Waals surface area (Å²) in [6.07, 6.45) is 9.41. The molecule has 1 aliphatic carbocycles. The molecular formula is C21H26N4O. The van der Waals surface area contributed by atoms with Crippen LogP contribution >= 0.6 is 0 Å². The maximum atomic E-state index is 11.5. The normalized spacial score (nSPS) is 27.8. The van der Waals surface area contributed by atoms with E-state index in [0.29, 0.717) is 0 Å². The fourth-order valence-corrected chi connectivity index (χ4v) is 5.41. The van der Waals surface area contributed by atoms with Crippen molar-refractivity contribution < 1.29 is 5.11 Å². The summed E-state index contributed by atoms with van der Waals surface area (Å²) in [4.78, 5) is 13.5. The number of benzene rings is 1. The lowest BCUT2D eigenvalue weighted by molar-refractivity contribution is 0.00811. The van der Waals surface area contributed by atoms with Gasteiger partial charge in [0.1, 0.15) is 5.82 Å². The Morgan fingerprint density at radius 1 is 1.00 bits per heavy atom. The SMILES string of the molecule is O[C@H]1[C@H](N2CCCC2)c2ccccc2C12CCN(c1cnccn1)CC2. The van der Waals surface area contributed by atoms with E-state index < -0.39 is 0 Å². The van der Waals surface area contributed by atoms with Crippen molar-refractivity contribution >= 4 is 5.82 Å². The first-order valence-electron chi connectivity index (χ1n) is 9.82. The largest absolute Gasteiger partial charge is 0.390 e. The fraction of sp³-hybridized carbons (Fsp3) is 0.524. The molecule has 2 aromatic rings. The number of anilines is 1. The maximum absolute atomic E-state index is 11.5. The van der Waals surface area contributed by atoms with Crippen LogP contribution in [-0.4, -0.2) is 52.3 Å². The van der Waals surface area contributed by atoms with Gasteiger partial charge in [0.05, 0.1) is 18.3 Å². The molecule has 0 amide bonds. The van der Waals surface area contributed by atoms with Crippen molar-refractivity contribution in [3.8, 4) is 0 Å². The number of aliphatic hydroxyl groups is 1. The monoisotopic (exact) mass is 350 g/mol. The molecule has 2 aliphatic heterocycles. The summed E-state index contributed by atoms with van der Waals surface area (Å²) in [5.41, 5.74) is 2.61. The van der Waals surface area contributed by atoms with Gasteiger partial charge in [0.2, 0.25) is 0 Å². The number of nitrogens with zero attached hydrogens (tertiary/aromatic N) is 4. The Labute approximate surface area is 154 Å². The van der Waals surface area contributed by atoms with E-state index in [1.165, 1.54) is 24.0 Å². The highest BCUT2D eigenvalue weighted by molar-refractivity contribution is 5.47. The van der Waals surface area contributed by atoms with E-state index in [1.54, 1.807) is 12.4 Å². The van der Waals surface area contributed by atoms with Gasteiger partial charge in [0, 0.05) is 30.9 Å². The molecule has 1 spiro atoms. The van der Waals surface area contributed by atoms with Gasteiger partial charge in [0.15, 0.2) is 0 Å². The van der Waals surface area contributed by atoms with Gasteiger partial charge in [-0.1, -0.05) is 24.3 Å². The molecule has 5 nitrogen and oxygen atoms in total. The summed E-state index contributed by atoms with van der Waals surface area (Å²) >= 11 is 0. The molecule has 26 heavy (non-hydrogen) atoms. The second-order valence-electron chi connectivity index (χ2n) is 7.93. The summed E-state index contributed by atoms with van der Waals surface area (Å²) in [7, 11) is 0. The van der Waals surface area contributed by atoms with Gasteiger partial charge in [-0.25, -0.2) is 4.98 Å². The molecular weight excluding hydrogens is 324 g/mol. The number of hydrogen-bond donors (Lipinski definition) is 1. The Balaban J connectivity index is 1.45. The van der Waals surface area contributed by atoms with Crippen molar-refractivity contribution in [1.29, 1.82) is 0 Å². The number of rotatable bonds is 2. The van der Waals surface area contributed by atoms with Crippen molar-refractivity contribution in [3.63, 3.8) is 0 Å². The first-order valence-corrected chi connectivity index (χ1v) is 9.82. The van der Waals surface area contributed by atoms with E-state index in [-0.39, 0.29) is 17.6 Å². The summed E-state index contributed by atoms with van der Waals surface area (Å²) in [6.45, 7) is 4.04.